The van der Waals surface area contributed by atoms with E-state index in [9.17, 15) is 4.79 Å². The predicted molar refractivity (Wildman–Crippen MR) is 49.6 cm³/mol. The second-order valence-corrected chi connectivity index (χ2v) is 3.17. The van der Waals surface area contributed by atoms with E-state index >= 15 is 0 Å². The molecule has 0 aliphatic carbocycles. The van der Waals surface area contributed by atoms with Crippen LogP contribution in [0.25, 0.3) is 0 Å². The van der Waals surface area contributed by atoms with Crippen molar-refractivity contribution in [2.24, 2.45) is 0 Å². The van der Waals surface area contributed by atoms with Gasteiger partial charge in [0, 0.05) is 6.54 Å². The van der Waals surface area contributed by atoms with Gasteiger partial charge in [0.1, 0.15) is 6.04 Å². The van der Waals surface area contributed by atoms with Gasteiger partial charge in [0.15, 0.2) is 0 Å². The molecule has 3 nitrogen and oxygen atoms in total. The number of aliphatic carboxylic acids is 1. The molecule has 0 bridgehead atoms. The molecule has 0 radical (unpaired) electrons. The van der Waals surface area contributed by atoms with Crippen LogP contribution in [0, 0.1) is 0 Å². The maximum absolute atomic E-state index is 10.9. The van der Waals surface area contributed by atoms with Crippen LogP contribution in [0.4, 0.5) is 0 Å². The SMILES string of the molecule is O=C(O)[C@@H]1NCCc2ccccc21.[H-].[K+]. The number of hydrogen-bond donors (Lipinski definition) is 2. The first-order valence-corrected chi connectivity index (χ1v) is 4.33. The van der Waals surface area contributed by atoms with Crippen molar-refractivity contribution in [3.05, 3.63) is 35.4 Å². The summed E-state index contributed by atoms with van der Waals surface area (Å²) in [6, 6.07) is 7.17. The van der Waals surface area contributed by atoms with Crippen LogP contribution < -0.4 is 56.7 Å². The molecule has 1 aromatic rings. The fourth-order valence-electron chi connectivity index (χ4n) is 1.72. The van der Waals surface area contributed by atoms with E-state index in [-0.39, 0.29) is 52.8 Å². The number of carbonyl (C=O) groups is 1. The molecular formula is C10H12KNO2. The molecule has 1 atom stereocenters. The molecule has 1 aliphatic rings. The minimum absolute atomic E-state index is 0. The van der Waals surface area contributed by atoms with Gasteiger partial charge in [0.2, 0.25) is 0 Å². The number of benzene rings is 1. The maximum atomic E-state index is 10.9. The summed E-state index contributed by atoms with van der Waals surface area (Å²) < 4.78 is 0. The Bertz CT molecular complexity index is 346. The van der Waals surface area contributed by atoms with Crippen LogP contribution in [0.2, 0.25) is 0 Å². The number of fused-ring (bicyclic) bond motifs is 1. The summed E-state index contributed by atoms with van der Waals surface area (Å²) in [6.45, 7) is 0.744. The Morgan fingerprint density at radius 2 is 2.21 bits per heavy atom. The van der Waals surface area contributed by atoms with Crippen LogP contribution in [-0.4, -0.2) is 17.6 Å². The smallest absolute Gasteiger partial charge is 1.00 e. The number of nitrogens with one attached hydrogen (secondary N) is 1. The molecule has 0 aromatic heterocycles. The largest absolute Gasteiger partial charge is 1.00 e. The van der Waals surface area contributed by atoms with Gasteiger partial charge in [-0.2, -0.15) is 0 Å². The number of carboxylic acids is 1. The van der Waals surface area contributed by atoms with Crippen LogP contribution in [0.5, 0.6) is 0 Å². The molecule has 0 saturated carbocycles. The van der Waals surface area contributed by atoms with Gasteiger partial charge in [-0.25, -0.2) is 0 Å². The van der Waals surface area contributed by atoms with Gasteiger partial charge < -0.3 is 11.8 Å². The summed E-state index contributed by atoms with van der Waals surface area (Å²) in [5.41, 5.74) is 2.05. The second-order valence-electron chi connectivity index (χ2n) is 3.17. The zero-order chi connectivity index (χ0) is 9.26. The average molecular weight is 217 g/mol. The van der Waals surface area contributed by atoms with Crippen LogP contribution in [0.3, 0.4) is 0 Å². The predicted octanol–water partition coefficient (Wildman–Crippen LogP) is -1.93. The van der Waals surface area contributed by atoms with Crippen LogP contribution in [0.1, 0.15) is 18.6 Å². The minimum atomic E-state index is -0.799. The van der Waals surface area contributed by atoms with Crippen molar-refractivity contribution in [1.82, 2.24) is 5.32 Å². The van der Waals surface area contributed by atoms with Crippen LogP contribution >= 0.6 is 0 Å². The van der Waals surface area contributed by atoms with Crippen molar-refractivity contribution < 1.29 is 62.7 Å². The molecule has 1 aliphatic heterocycles. The van der Waals surface area contributed by atoms with Crippen molar-refractivity contribution in [1.29, 1.82) is 0 Å². The Morgan fingerprint density at radius 3 is 2.93 bits per heavy atom. The third-order valence-corrected chi connectivity index (χ3v) is 2.36. The monoisotopic (exact) mass is 217 g/mol. The Labute approximate surface area is 127 Å². The van der Waals surface area contributed by atoms with E-state index in [1.807, 2.05) is 24.3 Å². The summed E-state index contributed by atoms with van der Waals surface area (Å²) in [6.07, 6.45) is 0.917. The molecule has 1 heterocycles. The fraction of sp³-hybridized carbons (Fsp3) is 0.300. The number of rotatable bonds is 1. The Morgan fingerprint density at radius 1 is 1.50 bits per heavy atom. The number of carboxylic acid groups (broad SMARTS) is 1. The molecular weight excluding hydrogens is 205 g/mol. The summed E-state index contributed by atoms with van der Waals surface area (Å²) in [7, 11) is 0. The van der Waals surface area contributed by atoms with Gasteiger partial charge in [-0.3, -0.25) is 4.79 Å². The average Bonchev–Trinajstić information content (AvgIpc) is 2.17. The van der Waals surface area contributed by atoms with Gasteiger partial charge in [-0.15, -0.1) is 0 Å². The molecule has 0 unspecified atom stereocenters. The van der Waals surface area contributed by atoms with Crippen molar-refractivity contribution >= 4 is 5.97 Å². The molecule has 1 aromatic carbocycles. The third-order valence-electron chi connectivity index (χ3n) is 2.36. The standard InChI is InChI=1S/C10H11NO2.K.H/c12-10(13)9-8-4-2-1-3-7(8)5-6-11-9;;/h1-4,9,11H,5-6H2,(H,12,13);;/q;+1;-1/t9-;;/m1../s1. The molecule has 4 heteroatoms. The normalized spacial score (nSPS) is 19.3. The zero-order valence-electron chi connectivity index (χ0n) is 9.16. The van der Waals surface area contributed by atoms with E-state index in [0.29, 0.717) is 0 Å². The van der Waals surface area contributed by atoms with E-state index in [1.165, 1.54) is 0 Å². The molecule has 70 valence electrons. The summed E-state index contributed by atoms with van der Waals surface area (Å²) in [5.74, 6) is -0.799. The first kappa shape index (κ1) is 12.4. The second kappa shape index (κ2) is 5.39. The van der Waals surface area contributed by atoms with Crippen LogP contribution in [-0.2, 0) is 11.2 Å². The summed E-state index contributed by atoms with van der Waals surface area (Å²) in [4.78, 5) is 10.9. The first-order valence-electron chi connectivity index (χ1n) is 4.33. The van der Waals surface area contributed by atoms with Crippen molar-refractivity contribution in [3.63, 3.8) is 0 Å². The summed E-state index contributed by atoms with van der Waals surface area (Å²) >= 11 is 0. The maximum Gasteiger partial charge on any atom is 1.00 e. The molecule has 2 N–H and O–H groups in total. The van der Waals surface area contributed by atoms with E-state index in [2.05, 4.69) is 5.32 Å². The van der Waals surface area contributed by atoms with Crippen molar-refractivity contribution in [2.75, 3.05) is 6.54 Å². The van der Waals surface area contributed by atoms with Gasteiger partial charge in [0.25, 0.3) is 0 Å². The Hall–Kier alpha value is 0.286. The van der Waals surface area contributed by atoms with Gasteiger partial charge in [0.05, 0.1) is 0 Å². The van der Waals surface area contributed by atoms with E-state index in [1.54, 1.807) is 0 Å². The van der Waals surface area contributed by atoms with E-state index in [4.69, 9.17) is 5.11 Å². The topological polar surface area (TPSA) is 49.3 Å². The fourth-order valence-corrected chi connectivity index (χ4v) is 1.72. The molecule has 0 saturated heterocycles. The van der Waals surface area contributed by atoms with Crippen LogP contribution in [0.15, 0.2) is 24.3 Å². The van der Waals surface area contributed by atoms with Gasteiger partial charge in [-0.1, -0.05) is 24.3 Å². The summed E-state index contributed by atoms with van der Waals surface area (Å²) in [5, 5.41) is 11.9. The first-order chi connectivity index (χ1) is 6.29. The quantitative estimate of drug-likeness (QED) is 0.539. The third kappa shape index (κ3) is 2.45. The molecule has 0 amide bonds. The Kier molecular flexibility index (Phi) is 4.76. The van der Waals surface area contributed by atoms with Crippen molar-refractivity contribution in [2.45, 2.75) is 12.5 Å². The Balaban J connectivity index is 0.000000980. The molecule has 0 spiro atoms. The van der Waals surface area contributed by atoms with E-state index < -0.39 is 12.0 Å². The minimum Gasteiger partial charge on any atom is -1.00 e. The molecule has 2 rings (SSSR count). The molecule has 0 fully saturated rings. The van der Waals surface area contributed by atoms with Gasteiger partial charge in [-0.05, 0) is 17.5 Å². The molecule has 14 heavy (non-hydrogen) atoms. The van der Waals surface area contributed by atoms with Gasteiger partial charge >= 0.3 is 57.4 Å². The van der Waals surface area contributed by atoms with E-state index in [0.717, 1.165) is 24.1 Å². The number of hydrogen-bond acceptors (Lipinski definition) is 2. The van der Waals surface area contributed by atoms with Crippen molar-refractivity contribution in [3.8, 4) is 0 Å². The zero-order valence-corrected chi connectivity index (χ0v) is 11.3.